The van der Waals surface area contributed by atoms with E-state index < -0.39 is 27.9 Å². The monoisotopic (exact) mass is 259 g/mol. The van der Waals surface area contributed by atoms with Crippen molar-refractivity contribution < 1.29 is 18.1 Å². The minimum atomic E-state index is -4.87. The molecule has 0 radical (unpaired) electrons. The van der Waals surface area contributed by atoms with Crippen molar-refractivity contribution in [2.24, 2.45) is 0 Å². The number of nitrogens with one attached hydrogen (secondary N) is 1. The Morgan fingerprint density at radius 3 is 2.56 bits per heavy atom. The zero-order valence-corrected chi connectivity index (χ0v) is 8.49. The zero-order valence-electron chi connectivity index (χ0n) is 8.49. The number of nitrogens with zero attached hydrogens (tertiary/aromatic N) is 2. The lowest BCUT2D eigenvalue weighted by atomic mass is 10.1. The number of rotatable bonds is 1. The predicted octanol–water partition coefficient (Wildman–Crippen LogP) is 1.85. The van der Waals surface area contributed by atoms with E-state index in [0.717, 1.165) is 6.20 Å². The highest BCUT2D eigenvalue weighted by molar-refractivity contribution is 5.78. The van der Waals surface area contributed by atoms with Crippen molar-refractivity contribution in [3.05, 3.63) is 44.4 Å². The third-order valence-corrected chi connectivity index (χ3v) is 2.19. The Balaban J connectivity index is 2.85. The molecule has 1 aromatic carbocycles. The fourth-order valence-electron chi connectivity index (χ4n) is 1.46. The van der Waals surface area contributed by atoms with Crippen LogP contribution in [-0.4, -0.2) is 14.9 Å². The number of aromatic amines is 1. The summed E-state index contributed by atoms with van der Waals surface area (Å²) in [6.45, 7) is 0. The summed E-state index contributed by atoms with van der Waals surface area (Å²) < 4.78 is 37.8. The van der Waals surface area contributed by atoms with Gasteiger partial charge in [0.15, 0.2) is 0 Å². The molecule has 1 aromatic heterocycles. The van der Waals surface area contributed by atoms with Gasteiger partial charge in [0.2, 0.25) is 0 Å². The number of hydrogen-bond donors (Lipinski definition) is 1. The molecule has 2 aromatic rings. The van der Waals surface area contributed by atoms with E-state index in [-0.39, 0.29) is 11.0 Å². The van der Waals surface area contributed by atoms with Crippen molar-refractivity contribution in [3.63, 3.8) is 0 Å². The van der Waals surface area contributed by atoms with Crippen LogP contribution in [-0.2, 0) is 6.18 Å². The van der Waals surface area contributed by atoms with E-state index in [1.807, 2.05) is 0 Å². The van der Waals surface area contributed by atoms with Crippen LogP contribution in [0.25, 0.3) is 11.0 Å². The first-order valence-electron chi connectivity index (χ1n) is 4.54. The van der Waals surface area contributed by atoms with Gasteiger partial charge in [-0.1, -0.05) is 0 Å². The lowest BCUT2D eigenvalue weighted by Crippen LogP contribution is -2.11. The Kier molecular flexibility index (Phi) is 2.53. The van der Waals surface area contributed by atoms with E-state index >= 15 is 0 Å². The zero-order chi connectivity index (χ0) is 13.5. The summed E-state index contributed by atoms with van der Waals surface area (Å²) in [6, 6.07) is 1.18. The van der Waals surface area contributed by atoms with Gasteiger partial charge in [-0.05, 0) is 6.07 Å². The highest BCUT2D eigenvalue weighted by Gasteiger charge is 2.38. The van der Waals surface area contributed by atoms with Gasteiger partial charge in [0.1, 0.15) is 5.56 Å². The quantitative estimate of drug-likeness (QED) is 0.625. The average molecular weight is 259 g/mol. The van der Waals surface area contributed by atoms with Crippen molar-refractivity contribution in [1.82, 2.24) is 9.97 Å². The van der Waals surface area contributed by atoms with Crippen LogP contribution < -0.4 is 5.56 Å². The highest BCUT2D eigenvalue weighted by Crippen LogP contribution is 2.37. The predicted molar refractivity (Wildman–Crippen MR) is 54.0 cm³/mol. The third kappa shape index (κ3) is 2.01. The SMILES string of the molecule is O=c1cnc2cc(C(F)(F)F)c([N+](=O)[O-])cc2[nH]1. The molecule has 18 heavy (non-hydrogen) atoms. The molecule has 2 rings (SSSR count). The Bertz CT molecular complexity index is 693. The number of halogens is 3. The van der Waals surface area contributed by atoms with E-state index in [1.54, 1.807) is 0 Å². The molecule has 0 aliphatic rings. The molecule has 1 N–H and O–H groups in total. The molecule has 0 aliphatic carbocycles. The van der Waals surface area contributed by atoms with Crippen molar-refractivity contribution in [2.75, 3.05) is 0 Å². The molecule has 9 heteroatoms. The van der Waals surface area contributed by atoms with Gasteiger partial charge in [-0.15, -0.1) is 0 Å². The molecule has 0 atom stereocenters. The maximum absolute atomic E-state index is 12.6. The largest absolute Gasteiger partial charge is 0.423 e. The lowest BCUT2D eigenvalue weighted by Gasteiger charge is -2.08. The maximum atomic E-state index is 12.6. The van der Waals surface area contributed by atoms with Gasteiger partial charge in [-0.3, -0.25) is 14.9 Å². The van der Waals surface area contributed by atoms with E-state index in [1.165, 1.54) is 0 Å². The fraction of sp³-hybridized carbons (Fsp3) is 0.111. The lowest BCUT2D eigenvalue weighted by molar-refractivity contribution is -0.387. The Hall–Kier alpha value is -2.45. The van der Waals surface area contributed by atoms with Crippen molar-refractivity contribution in [2.45, 2.75) is 6.18 Å². The molecule has 0 saturated carbocycles. The number of nitro benzene ring substituents is 1. The molecule has 0 bridgehead atoms. The number of hydrogen-bond acceptors (Lipinski definition) is 4. The molecule has 1 heterocycles. The molecule has 0 aliphatic heterocycles. The van der Waals surface area contributed by atoms with Crippen LogP contribution in [0, 0.1) is 10.1 Å². The Morgan fingerprint density at radius 1 is 1.33 bits per heavy atom. The van der Waals surface area contributed by atoms with Gasteiger partial charge >= 0.3 is 6.18 Å². The molecule has 0 spiro atoms. The molecular formula is C9H4F3N3O3. The smallest absolute Gasteiger partial charge is 0.319 e. The molecular weight excluding hydrogens is 255 g/mol. The standard InChI is InChI=1S/C9H4F3N3O3/c10-9(11,12)4-1-5-6(2-7(4)15(17)18)14-8(16)3-13-5/h1-3H,(H,14,16). The van der Waals surface area contributed by atoms with Crippen molar-refractivity contribution in [1.29, 1.82) is 0 Å². The summed E-state index contributed by atoms with van der Waals surface area (Å²) in [5.41, 5.74) is -3.48. The number of benzene rings is 1. The summed E-state index contributed by atoms with van der Waals surface area (Å²) in [5, 5.41) is 10.6. The normalized spacial score (nSPS) is 11.7. The fourth-order valence-corrected chi connectivity index (χ4v) is 1.46. The first kappa shape index (κ1) is 12.0. The maximum Gasteiger partial charge on any atom is 0.423 e. The van der Waals surface area contributed by atoms with Crippen LogP contribution in [0.1, 0.15) is 5.56 Å². The number of nitro groups is 1. The highest BCUT2D eigenvalue weighted by atomic mass is 19.4. The Labute approximate surface area is 96.2 Å². The van der Waals surface area contributed by atoms with Crippen LogP contribution >= 0.6 is 0 Å². The number of alkyl halides is 3. The number of fused-ring (bicyclic) bond motifs is 1. The molecule has 0 fully saturated rings. The van der Waals surface area contributed by atoms with Gasteiger partial charge in [0.05, 0.1) is 22.2 Å². The van der Waals surface area contributed by atoms with E-state index in [2.05, 4.69) is 9.97 Å². The van der Waals surface area contributed by atoms with Gasteiger partial charge < -0.3 is 4.98 Å². The van der Waals surface area contributed by atoms with Crippen LogP contribution in [0.15, 0.2) is 23.1 Å². The van der Waals surface area contributed by atoms with E-state index in [9.17, 15) is 28.1 Å². The van der Waals surface area contributed by atoms with Gasteiger partial charge in [0.25, 0.3) is 11.2 Å². The summed E-state index contributed by atoms with van der Waals surface area (Å²) in [4.78, 5) is 26.0. The Morgan fingerprint density at radius 2 is 2.00 bits per heavy atom. The first-order valence-corrected chi connectivity index (χ1v) is 4.54. The topological polar surface area (TPSA) is 88.9 Å². The first-order chi connectivity index (χ1) is 8.29. The summed E-state index contributed by atoms with van der Waals surface area (Å²) in [6.07, 6.45) is -4.07. The molecule has 0 amide bonds. The van der Waals surface area contributed by atoms with E-state index in [4.69, 9.17) is 0 Å². The second kappa shape index (κ2) is 3.79. The second-order valence-electron chi connectivity index (χ2n) is 3.39. The number of H-pyrrole nitrogens is 1. The van der Waals surface area contributed by atoms with Crippen LogP contribution in [0.3, 0.4) is 0 Å². The molecule has 0 saturated heterocycles. The second-order valence-corrected chi connectivity index (χ2v) is 3.39. The molecule has 6 nitrogen and oxygen atoms in total. The molecule has 0 unspecified atom stereocenters. The number of aromatic nitrogens is 2. The van der Waals surface area contributed by atoms with Crippen molar-refractivity contribution in [3.8, 4) is 0 Å². The summed E-state index contributed by atoms with van der Waals surface area (Å²) in [7, 11) is 0. The van der Waals surface area contributed by atoms with Crippen LogP contribution in [0.5, 0.6) is 0 Å². The average Bonchev–Trinajstić information content (AvgIpc) is 2.25. The molecule has 94 valence electrons. The minimum Gasteiger partial charge on any atom is -0.319 e. The third-order valence-electron chi connectivity index (χ3n) is 2.19. The van der Waals surface area contributed by atoms with Crippen molar-refractivity contribution >= 4 is 16.7 Å². The van der Waals surface area contributed by atoms with Crippen LogP contribution in [0.2, 0.25) is 0 Å². The van der Waals surface area contributed by atoms with E-state index in [0.29, 0.717) is 12.1 Å². The van der Waals surface area contributed by atoms with Gasteiger partial charge in [-0.2, -0.15) is 13.2 Å². The summed E-state index contributed by atoms with van der Waals surface area (Å²) in [5.74, 6) is 0. The van der Waals surface area contributed by atoms with Gasteiger partial charge in [-0.25, -0.2) is 4.98 Å². The summed E-state index contributed by atoms with van der Waals surface area (Å²) >= 11 is 0. The minimum absolute atomic E-state index is 0.123. The van der Waals surface area contributed by atoms with Crippen LogP contribution in [0.4, 0.5) is 18.9 Å². The van der Waals surface area contributed by atoms with Gasteiger partial charge in [0, 0.05) is 6.07 Å².